The lowest BCUT2D eigenvalue weighted by atomic mass is 10.0. The highest BCUT2D eigenvalue weighted by Crippen LogP contribution is 2.29. The molecular formula is C17H26N2O. The normalized spacial score (nSPS) is 28.4. The molecule has 2 heterocycles. The second-order valence-electron chi connectivity index (χ2n) is 6.31. The lowest BCUT2D eigenvalue weighted by Gasteiger charge is -2.43. The van der Waals surface area contributed by atoms with Crippen LogP contribution in [0.25, 0.3) is 0 Å². The minimum atomic E-state index is -0.326. The summed E-state index contributed by atoms with van der Waals surface area (Å²) in [5.41, 5.74) is 2.33. The molecule has 2 unspecified atom stereocenters. The standard InChI is InChI=1S/C17H26N2O/c1-3-17(20)14-6-8-15(9-7-14)19-12-16-5-4-10-18(16)11-13(19)2/h6-9,13,16-17,20H,3-5,10-12H2,1-2H3/t13?,16?,17-/m0/s1. The third-order valence-electron chi connectivity index (χ3n) is 4.93. The summed E-state index contributed by atoms with van der Waals surface area (Å²) < 4.78 is 0. The fourth-order valence-electron chi connectivity index (χ4n) is 3.67. The van der Waals surface area contributed by atoms with Gasteiger partial charge in [0.1, 0.15) is 0 Å². The number of hydrogen-bond acceptors (Lipinski definition) is 3. The summed E-state index contributed by atoms with van der Waals surface area (Å²) in [4.78, 5) is 5.19. The van der Waals surface area contributed by atoms with Crippen LogP contribution >= 0.6 is 0 Å². The van der Waals surface area contributed by atoms with Gasteiger partial charge in [0.05, 0.1) is 6.10 Å². The van der Waals surface area contributed by atoms with Crippen LogP contribution in [-0.2, 0) is 0 Å². The third-order valence-corrected chi connectivity index (χ3v) is 4.93. The molecule has 0 amide bonds. The fourth-order valence-corrected chi connectivity index (χ4v) is 3.67. The molecule has 1 aromatic carbocycles. The van der Waals surface area contributed by atoms with E-state index in [-0.39, 0.29) is 6.10 Å². The van der Waals surface area contributed by atoms with E-state index >= 15 is 0 Å². The second kappa shape index (κ2) is 5.74. The largest absolute Gasteiger partial charge is 0.388 e. The summed E-state index contributed by atoms with van der Waals surface area (Å²) in [6.07, 6.45) is 3.15. The van der Waals surface area contributed by atoms with Crippen LogP contribution in [0, 0.1) is 0 Å². The number of aliphatic hydroxyl groups excluding tert-OH is 1. The number of anilines is 1. The van der Waals surface area contributed by atoms with E-state index in [1.165, 1.54) is 31.6 Å². The number of rotatable bonds is 3. The van der Waals surface area contributed by atoms with Crippen molar-refractivity contribution in [2.45, 2.75) is 51.3 Å². The van der Waals surface area contributed by atoms with Gasteiger partial charge < -0.3 is 10.0 Å². The Morgan fingerprint density at radius 1 is 1.25 bits per heavy atom. The Morgan fingerprint density at radius 3 is 2.70 bits per heavy atom. The number of aliphatic hydroxyl groups is 1. The topological polar surface area (TPSA) is 26.7 Å². The van der Waals surface area contributed by atoms with Crippen molar-refractivity contribution in [1.82, 2.24) is 4.90 Å². The zero-order valence-corrected chi connectivity index (χ0v) is 12.6. The first-order chi connectivity index (χ1) is 9.69. The van der Waals surface area contributed by atoms with Crippen LogP contribution < -0.4 is 4.90 Å². The maximum absolute atomic E-state index is 9.89. The Hall–Kier alpha value is -1.06. The molecule has 110 valence electrons. The first kappa shape index (κ1) is 13.9. The summed E-state index contributed by atoms with van der Waals surface area (Å²) in [5, 5.41) is 9.89. The van der Waals surface area contributed by atoms with Gasteiger partial charge in [-0.15, -0.1) is 0 Å². The number of hydrogen-bond donors (Lipinski definition) is 1. The number of benzene rings is 1. The van der Waals surface area contributed by atoms with Crippen molar-refractivity contribution >= 4 is 5.69 Å². The van der Waals surface area contributed by atoms with Gasteiger partial charge in [-0.05, 0) is 50.4 Å². The minimum Gasteiger partial charge on any atom is -0.388 e. The third kappa shape index (κ3) is 2.57. The van der Waals surface area contributed by atoms with Crippen molar-refractivity contribution in [2.24, 2.45) is 0 Å². The Labute approximate surface area is 122 Å². The Bertz CT molecular complexity index is 445. The van der Waals surface area contributed by atoms with Crippen LogP contribution in [0.5, 0.6) is 0 Å². The van der Waals surface area contributed by atoms with E-state index in [1.54, 1.807) is 0 Å². The molecule has 0 radical (unpaired) electrons. The van der Waals surface area contributed by atoms with Gasteiger partial charge in [-0.3, -0.25) is 4.90 Å². The first-order valence-electron chi connectivity index (χ1n) is 7.97. The predicted octanol–water partition coefficient (Wildman–Crippen LogP) is 2.80. The molecular weight excluding hydrogens is 248 g/mol. The summed E-state index contributed by atoms with van der Waals surface area (Å²) in [6.45, 7) is 7.95. The Morgan fingerprint density at radius 2 is 2.00 bits per heavy atom. The molecule has 20 heavy (non-hydrogen) atoms. The van der Waals surface area contributed by atoms with Crippen molar-refractivity contribution in [3.8, 4) is 0 Å². The number of fused-ring (bicyclic) bond motifs is 1. The Balaban J connectivity index is 1.74. The van der Waals surface area contributed by atoms with E-state index in [1.807, 2.05) is 6.92 Å². The van der Waals surface area contributed by atoms with E-state index in [0.717, 1.165) is 24.6 Å². The average molecular weight is 274 g/mol. The van der Waals surface area contributed by atoms with Gasteiger partial charge in [-0.1, -0.05) is 19.1 Å². The van der Waals surface area contributed by atoms with Crippen LogP contribution in [0.1, 0.15) is 44.8 Å². The van der Waals surface area contributed by atoms with Crippen LogP contribution in [-0.4, -0.2) is 41.7 Å². The van der Waals surface area contributed by atoms with E-state index in [4.69, 9.17) is 0 Å². The molecule has 0 aromatic heterocycles. The molecule has 2 fully saturated rings. The van der Waals surface area contributed by atoms with Crippen LogP contribution in [0.3, 0.4) is 0 Å². The SMILES string of the molecule is CC[C@H](O)c1ccc(N2CC3CCCN3CC2C)cc1. The number of piperazine rings is 1. The smallest absolute Gasteiger partial charge is 0.0787 e. The van der Waals surface area contributed by atoms with Crippen molar-refractivity contribution < 1.29 is 5.11 Å². The maximum Gasteiger partial charge on any atom is 0.0787 e. The summed E-state index contributed by atoms with van der Waals surface area (Å²) in [7, 11) is 0. The van der Waals surface area contributed by atoms with Gasteiger partial charge in [0.15, 0.2) is 0 Å². The lowest BCUT2D eigenvalue weighted by Crippen LogP contribution is -2.55. The molecule has 2 saturated heterocycles. The molecule has 2 aliphatic heterocycles. The van der Waals surface area contributed by atoms with Crippen molar-refractivity contribution in [3.63, 3.8) is 0 Å². The van der Waals surface area contributed by atoms with Gasteiger partial charge >= 0.3 is 0 Å². The van der Waals surface area contributed by atoms with E-state index in [0.29, 0.717) is 6.04 Å². The molecule has 0 bridgehead atoms. The van der Waals surface area contributed by atoms with Crippen molar-refractivity contribution in [3.05, 3.63) is 29.8 Å². The lowest BCUT2D eigenvalue weighted by molar-refractivity contribution is 0.173. The number of nitrogens with zero attached hydrogens (tertiary/aromatic N) is 2. The summed E-state index contributed by atoms with van der Waals surface area (Å²) >= 11 is 0. The fraction of sp³-hybridized carbons (Fsp3) is 0.647. The quantitative estimate of drug-likeness (QED) is 0.918. The zero-order chi connectivity index (χ0) is 14.1. The average Bonchev–Trinajstić information content (AvgIpc) is 2.93. The van der Waals surface area contributed by atoms with Gasteiger partial charge in [0.25, 0.3) is 0 Å². The minimum absolute atomic E-state index is 0.326. The molecule has 0 aliphatic carbocycles. The summed E-state index contributed by atoms with van der Waals surface area (Å²) in [5.74, 6) is 0. The molecule has 2 aliphatic rings. The highest BCUT2D eigenvalue weighted by atomic mass is 16.3. The molecule has 0 saturated carbocycles. The molecule has 3 atom stereocenters. The van der Waals surface area contributed by atoms with Crippen LogP contribution in [0.2, 0.25) is 0 Å². The molecule has 3 nitrogen and oxygen atoms in total. The molecule has 0 spiro atoms. The van der Waals surface area contributed by atoms with Crippen LogP contribution in [0.15, 0.2) is 24.3 Å². The monoisotopic (exact) mass is 274 g/mol. The van der Waals surface area contributed by atoms with Gasteiger partial charge in [0, 0.05) is 30.9 Å². The zero-order valence-electron chi connectivity index (χ0n) is 12.6. The predicted molar refractivity (Wildman–Crippen MR) is 83.1 cm³/mol. The molecule has 1 aromatic rings. The van der Waals surface area contributed by atoms with Crippen molar-refractivity contribution in [2.75, 3.05) is 24.5 Å². The maximum atomic E-state index is 9.89. The van der Waals surface area contributed by atoms with E-state index in [9.17, 15) is 5.11 Å². The van der Waals surface area contributed by atoms with E-state index < -0.39 is 0 Å². The molecule has 1 N–H and O–H groups in total. The van der Waals surface area contributed by atoms with E-state index in [2.05, 4.69) is 41.0 Å². The first-order valence-corrected chi connectivity index (χ1v) is 7.97. The van der Waals surface area contributed by atoms with Crippen molar-refractivity contribution in [1.29, 1.82) is 0 Å². The highest BCUT2D eigenvalue weighted by Gasteiger charge is 2.34. The molecule has 3 heteroatoms. The second-order valence-corrected chi connectivity index (χ2v) is 6.31. The van der Waals surface area contributed by atoms with Gasteiger partial charge in [0.2, 0.25) is 0 Å². The van der Waals surface area contributed by atoms with Gasteiger partial charge in [-0.2, -0.15) is 0 Å². The van der Waals surface area contributed by atoms with Crippen LogP contribution in [0.4, 0.5) is 5.69 Å². The Kier molecular flexibility index (Phi) is 3.99. The van der Waals surface area contributed by atoms with Gasteiger partial charge in [-0.25, -0.2) is 0 Å². The molecule has 3 rings (SSSR count). The highest BCUT2D eigenvalue weighted by molar-refractivity contribution is 5.49. The summed E-state index contributed by atoms with van der Waals surface area (Å²) in [6, 6.07) is 9.83.